The Balaban J connectivity index is 2.17. The van der Waals surface area contributed by atoms with Gasteiger partial charge in [-0.1, -0.05) is 35.0 Å². The molecular formula is C16H17NO3. The lowest BCUT2D eigenvalue weighted by Gasteiger charge is -2.11. The fourth-order valence-electron chi connectivity index (χ4n) is 1.92. The summed E-state index contributed by atoms with van der Waals surface area (Å²) >= 11 is 0. The van der Waals surface area contributed by atoms with Gasteiger partial charge in [0.25, 0.3) is 0 Å². The second-order valence-electron chi connectivity index (χ2n) is 4.43. The van der Waals surface area contributed by atoms with Gasteiger partial charge in [0.15, 0.2) is 11.5 Å². The van der Waals surface area contributed by atoms with E-state index in [1.54, 1.807) is 25.3 Å². The van der Waals surface area contributed by atoms with E-state index in [0.29, 0.717) is 18.1 Å². The number of rotatable bonds is 5. The van der Waals surface area contributed by atoms with Crippen molar-refractivity contribution >= 4 is 6.21 Å². The van der Waals surface area contributed by atoms with Crippen molar-refractivity contribution < 1.29 is 14.7 Å². The Morgan fingerprint density at radius 2 is 2.00 bits per heavy atom. The smallest absolute Gasteiger partial charge is 0.162 e. The molecule has 0 radical (unpaired) electrons. The van der Waals surface area contributed by atoms with E-state index in [2.05, 4.69) is 11.2 Å². The number of aryl methyl sites for hydroxylation is 1. The third kappa shape index (κ3) is 3.51. The molecule has 0 heterocycles. The summed E-state index contributed by atoms with van der Waals surface area (Å²) < 4.78 is 11.0. The van der Waals surface area contributed by atoms with Gasteiger partial charge in [0.1, 0.15) is 6.61 Å². The minimum atomic E-state index is 0.456. The zero-order valence-corrected chi connectivity index (χ0v) is 11.5. The van der Waals surface area contributed by atoms with E-state index in [1.165, 1.54) is 11.8 Å². The van der Waals surface area contributed by atoms with Crippen molar-refractivity contribution in [1.82, 2.24) is 0 Å². The lowest BCUT2D eigenvalue weighted by molar-refractivity contribution is 0.284. The third-order valence-electron chi connectivity index (χ3n) is 2.87. The first-order chi connectivity index (χ1) is 9.72. The van der Waals surface area contributed by atoms with E-state index >= 15 is 0 Å². The first-order valence-electron chi connectivity index (χ1n) is 6.27. The van der Waals surface area contributed by atoms with Gasteiger partial charge in [-0.2, -0.15) is 0 Å². The average Bonchev–Trinajstić information content (AvgIpc) is 2.46. The van der Waals surface area contributed by atoms with Crippen molar-refractivity contribution in [3.63, 3.8) is 0 Å². The highest BCUT2D eigenvalue weighted by Crippen LogP contribution is 2.28. The molecule has 0 aliphatic carbocycles. The number of ether oxygens (including phenoxy) is 2. The molecule has 20 heavy (non-hydrogen) atoms. The Morgan fingerprint density at radius 3 is 2.70 bits per heavy atom. The van der Waals surface area contributed by atoms with Crippen molar-refractivity contribution in [3.05, 3.63) is 59.2 Å². The van der Waals surface area contributed by atoms with Gasteiger partial charge in [0.05, 0.1) is 13.3 Å². The molecule has 0 fully saturated rings. The van der Waals surface area contributed by atoms with Crippen molar-refractivity contribution in [3.8, 4) is 11.5 Å². The molecule has 1 N–H and O–H groups in total. The van der Waals surface area contributed by atoms with Crippen LogP contribution in [0.15, 0.2) is 47.6 Å². The van der Waals surface area contributed by atoms with Crippen LogP contribution in [-0.2, 0) is 6.61 Å². The van der Waals surface area contributed by atoms with Gasteiger partial charge in [-0.3, -0.25) is 0 Å². The zero-order valence-electron chi connectivity index (χ0n) is 11.5. The summed E-state index contributed by atoms with van der Waals surface area (Å²) in [6.45, 7) is 2.50. The highest BCUT2D eigenvalue weighted by molar-refractivity contribution is 5.80. The van der Waals surface area contributed by atoms with Crippen LogP contribution in [0.25, 0.3) is 0 Å². The van der Waals surface area contributed by atoms with Crippen molar-refractivity contribution in [2.24, 2.45) is 5.16 Å². The molecular weight excluding hydrogens is 254 g/mol. The topological polar surface area (TPSA) is 51.0 Å². The van der Waals surface area contributed by atoms with Crippen LogP contribution in [0.5, 0.6) is 11.5 Å². The second kappa shape index (κ2) is 6.61. The summed E-state index contributed by atoms with van der Waals surface area (Å²) in [5, 5.41) is 11.6. The molecule has 0 aromatic heterocycles. The second-order valence-corrected chi connectivity index (χ2v) is 4.43. The molecule has 104 valence electrons. The fourth-order valence-corrected chi connectivity index (χ4v) is 1.92. The third-order valence-corrected chi connectivity index (χ3v) is 2.87. The molecule has 0 aliphatic heterocycles. The summed E-state index contributed by atoms with van der Waals surface area (Å²) in [5.74, 6) is 1.26. The zero-order chi connectivity index (χ0) is 14.4. The van der Waals surface area contributed by atoms with Crippen LogP contribution in [0, 0.1) is 6.92 Å². The van der Waals surface area contributed by atoms with Crippen LogP contribution in [0.2, 0.25) is 0 Å². The Morgan fingerprint density at radius 1 is 1.15 bits per heavy atom. The van der Waals surface area contributed by atoms with Crippen molar-refractivity contribution in [2.45, 2.75) is 13.5 Å². The quantitative estimate of drug-likeness (QED) is 0.515. The van der Waals surface area contributed by atoms with Crippen molar-refractivity contribution in [2.75, 3.05) is 7.11 Å². The standard InChI is InChI=1S/C16H17NO3/c1-12-4-3-5-14(8-12)11-20-16-9-13(10-17-18)6-7-15(16)19-2/h3-10,18H,11H2,1-2H3. The lowest BCUT2D eigenvalue weighted by Crippen LogP contribution is -1.99. The average molecular weight is 271 g/mol. The summed E-state index contributed by atoms with van der Waals surface area (Å²) in [4.78, 5) is 0. The van der Waals surface area contributed by atoms with Gasteiger partial charge >= 0.3 is 0 Å². The van der Waals surface area contributed by atoms with E-state index in [1.807, 2.05) is 25.1 Å². The number of nitrogens with zero attached hydrogens (tertiary/aromatic N) is 1. The number of oxime groups is 1. The molecule has 2 aromatic carbocycles. The van der Waals surface area contributed by atoms with E-state index in [0.717, 1.165) is 11.1 Å². The maximum absolute atomic E-state index is 8.57. The summed E-state index contributed by atoms with van der Waals surface area (Å²) in [6.07, 6.45) is 1.35. The first-order valence-corrected chi connectivity index (χ1v) is 6.27. The number of benzene rings is 2. The highest BCUT2D eigenvalue weighted by Gasteiger charge is 2.06. The Hall–Kier alpha value is -2.49. The van der Waals surface area contributed by atoms with Crippen LogP contribution < -0.4 is 9.47 Å². The molecule has 0 aliphatic rings. The van der Waals surface area contributed by atoms with Crippen LogP contribution in [0.4, 0.5) is 0 Å². The predicted octanol–water partition coefficient (Wildman–Crippen LogP) is 3.39. The number of hydrogen-bond donors (Lipinski definition) is 1. The molecule has 0 amide bonds. The Bertz CT molecular complexity index is 608. The SMILES string of the molecule is COc1ccc(C=NO)cc1OCc1cccc(C)c1. The number of hydrogen-bond acceptors (Lipinski definition) is 4. The van der Waals surface area contributed by atoms with Gasteiger partial charge in [-0.15, -0.1) is 0 Å². The lowest BCUT2D eigenvalue weighted by atomic mass is 10.1. The van der Waals surface area contributed by atoms with Crippen LogP contribution in [0.3, 0.4) is 0 Å². The van der Waals surface area contributed by atoms with Crippen LogP contribution in [-0.4, -0.2) is 18.5 Å². The maximum atomic E-state index is 8.57. The van der Waals surface area contributed by atoms with Crippen LogP contribution in [0.1, 0.15) is 16.7 Å². The predicted molar refractivity (Wildman–Crippen MR) is 77.9 cm³/mol. The Labute approximate surface area is 118 Å². The Kier molecular flexibility index (Phi) is 4.60. The molecule has 2 rings (SSSR count). The molecule has 2 aromatic rings. The van der Waals surface area contributed by atoms with E-state index < -0.39 is 0 Å². The van der Waals surface area contributed by atoms with Gasteiger partial charge in [0.2, 0.25) is 0 Å². The van der Waals surface area contributed by atoms with E-state index in [-0.39, 0.29) is 0 Å². The molecule has 0 spiro atoms. The molecule has 0 bridgehead atoms. The van der Waals surface area contributed by atoms with Gasteiger partial charge in [0, 0.05) is 5.56 Å². The van der Waals surface area contributed by atoms with Gasteiger partial charge in [-0.25, -0.2) is 0 Å². The molecule has 0 unspecified atom stereocenters. The molecule has 4 heteroatoms. The summed E-state index contributed by atoms with van der Waals surface area (Å²) in [6, 6.07) is 13.5. The minimum Gasteiger partial charge on any atom is -0.493 e. The van der Waals surface area contributed by atoms with Crippen molar-refractivity contribution in [1.29, 1.82) is 0 Å². The first kappa shape index (κ1) is 13.9. The monoisotopic (exact) mass is 271 g/mol. The van der Waals surface area contributed by atoms with Crippen LogP contribution >= 0.6 is 0 Å². The molecule has 0 saturated carbocycles. The normalized spacial score (nSPS) is 10.7. The minimum absolute atomic E-state index is 0.456. The fraction of sp³-hybridized carbons (Fsp3) is 0.188. The van der Waals surface area contributed by atoms with E-state index in [9.17, 15) is 0 Å². The van der Waals surface area contributed by atoms with Gasteiger partial charge in [-0.05, 0) is 30.7 Å². The molecule has 0 atom stereocenters. The highest BCUT2D eigenvalue weighted by atomic mass is 16.5. The van der Waals surface area contributed by atoms with Gasteiger partial charge < -0.3 is 14.7 Å². The largest absolute Gasteiger partial charge is 0.493 e. The maximum Gasteiger partial charge on any atom is 0.162 e. The summed E-state index contributed by atoms with van der Waals surface area (Å²) in [5.41, 5.74) is 3.03. The number of methoxy groups -OCH3 is 1. The molecule has 4 nitrogen and oxygen atoms in total. The van der Waals surface area contributed by atoms with E-state index in [4.69, 9.17) is 14.7 Å². The summed E-state index contributed by atoms with van der Waals surface area (Å²) in [7, 11) is 1.59. The molecule has 0 saturated heterocycles.